The zero-order chi connectivity index (χ0) is 11.8. The Balaban J connectivity index is 2.07. The lowest BCUT2D eigenvalue weighted by Gasteiger charge is -2.18. The molecule has 2 heterocycles. The van der Waals surface area contributed by atoms with Gasteiger partial charge in [-0.25, -0.2) is 9.97 Å². The first-order valence-corrected chi connectivity index (χ1v) is 5.77. The van der Waals surface area contributed by atoms with E-state index in [9.17, 15) is 0 Å². The number of hydrogen-bond donors (Lipinski definition) is 2. The third kappa shape index (κ3) is 1.78. The number of nitrogens with zero attached hydrogens (tertiary/aromatic N) is 3. The minimum atomic E-state index is 0.211. The summed E-state index contributed by atoms with van der Waals surface area (Å²) in [6, 6.07) is 7.95. The van der Waals surface area contributed by atoms with Crippen LogP contribution in [-0.2, 0) is 0 Å². The molecule has 1 saturated heterocycles. The summed E-state index contributed by atoms with van der Waals surface area (Å²) in [6.45, 7) is 1.70. The van der Waals surface area contributed by atoms with Gasteiger partial charge in [-0.2, -0.15) is 0 Å². The van der Waals surface area contributed by atoms with Gasteiger partial charge in [0.05, 0.1) is 11.0 Å². The maximum Gasteiger partial charge on any atom is 0.172 e. The Hall–Kier alpha value is -1.88. The lowest BCUT2D eigenvalue weighted by atomic mass is 10.3. The normalized spacial score (nSPS) is 20.1. The van der Waals surface area contributed by atoms with E-state index in [1.807, 2.05) is 24.3 Å². The molecule has 1 fully saturated rings. The molecular formula is C12H15N5. The number of benzene rings is 1. The molecule has 0 bridgehead atoms. The van der Waals surface area contributed by atoms with Crippen LogP contribution in [0.3, 0.4) is 0 Å². The smallest absolute Gasteiger partial charge is 0.172 e. The number of anilines is 2. The summed E-state index contributed by atoms with van der Waals surface area (Å²) in [5.41, 5.74) is 13.6. The van der Waals surface area contributed by atoms with Gasteiger partial charge < -0.3 is 16.4 Å². The average molecular weight is 229 g/mol. The second kappa shape index (κ2) is 3.85. The highest BCUT2D eigenvalue weighted by Gasteiger charge is 2.22. The van der Waals surface area contributed by atoms with Crippen molar-refractivity contribution in [2.24, 2.45) is 5.73 Å². The van der Waals surface area contributed by atoms with Crippen molar-refractivity contribution in [3.8, 4) is 0 Å². The molecule has 1 aliphatic rings. The second-order valence-electron chi connectivity index (χ2n) is 4.42. The molecule has 5 nitrogen and oxygen atoms in total. The molecule has 1 aromatic heterocycles. The van der Waals surface area contributed by atoms with Crippen molar-refractivity contribution in [2.45, 2.75) is 12.5 Å². The van der Waals surface area contributed by atoms with Crippen LogP contribution in [0.1, 0.15) is 6.42 Å². The van der Waals surface area contributed by atoms with Crippen molar-refractivity contribution in [3.05, 3.63) is 24.3 Å². The predicted molar refractivity (Wildman–Crippen MR) is 68.8 cm³/mol. The van der Waals surface area contributed by atoms with Gasteiger partial charge in [0.25, 0.3) is 0 Å². The van der Waals surface area contributed by atoms with Gasteiger partial charge in [-0.15, -0.1) is 0 Å². The van der Waals surface area contributed by atoms with Crippen LogP contribution < -0.4 is 16.4 Å². The molecule has 0 spiro atoms. The summed E-state index contributed by atoms with van der Waals surface area (Å²) in [4.78, 5) is 11.1. The van der Waals surface area contributed by atoms with Crippen LogP contribution in [0.2, 0.25) is 0 Å². The highest BCUT2D eigenvalue weighted by Crippen LogP contribution is 2.25. The minimum Gasteiger partial charge on any atom is -0.381 e. The lowest BCUT2D eigenvalue weighted by Crippen LogP contribution is -2.27. The first-order chi connectivity index (χ1) is 8.24. The van der Waals surface area contributed by atoms with Gasteiger partial charge in [0.1, 0.15) is 0 Å². The Morgan fingerprint density at radius 2 is 1.88 bits per heavy atom. The summed E-state index contributed by atoms with van der Waals surface area (Å²) in [5.74, 6) is 1.24. The van der Waals surface area contributed by atoms with E-state index < -0.39 is 0 Å². The van der Waals surface area contributed by atoms with Crippen LogP contribution in [0, 0.1) is 0 Å². The van der Waals surface area contributed by atoms with Crippen molar-refractivity contribution in [3.63, 3.8) is 0 Å². The molecule has 88 valence electrons. The van der Waals surface area contributed by atoms with Crippen LogP contribution in [-0.4, -0.2) is 29.1 Å². The van der Waals surface area contributed by atoms with Crippen molar-refractivity contribution < 1.29 is 0 Å². The second-order valence-corrected chi connectivity index (χ2v) is 4.42. The van der Waals surface area contributed by atoms with E-state index >= 15 is 0 Å². The Labute approximate surface area is 99.4 Å². The largest absolute Gasteiger partial charge is 0.381 e. The first-order valence-electron chi connectivity index (χ1n) is 5.77. The molecule has 1 atom stereocenters. The SMILES string of the molecule is Nc1nc2ccccc2nc1N1CC[C@@H](N)C1. The van der Waals surface area contributed by atoms with E-state index in [1.165, 1.54) is 0 Å². The highest BCUT2D eigenvalue weighted by atomic mass is 15.2. The fourth-order valence-electron chi connectivity index (χ4n) is 2.22. The molecule has 0 amide bonds. The summed E-state index contributed by atoms with van der Waals surface area (Å²) in [7, 11) is 0. The summed E-state index contributed by atoms with van der Waals surface area (Å²) >= 11 is 0. The topological polar surface area (TPSA) is 81.1 Å². The van der Waals surface area contributed by atoms with Gasteiger partial charge in [0, 0.05) is 19.1 Å². The molecule has 3 rings (SSSR count). The van der Waals surface area contributed by atoms with Gasteiger partial charge in [-0.3, -0.25) is 0 Å². The van der Waals surface area contributed by atoms with E-state index in [4.69, 9.17) is 11.5 Å². The van der Waals surface area contributed by atoms with Gasteiger partial charge in [0.15, 0.2) is 11.6 Å². The van der Waals surface area contributed by atoms with Crippen LogP contribution in [0.25, 0.3) is 11.0 Å². The molecule has 0 saturated carbocycles. The first kappa shape index (κ1) is 10.3. The van der Waals surface area contributed by atoms with Gasteiger partial charge in [-0.1, -0.05) is 12.1 Å². The molecule has 2 aromatic rings. The maximum atomic E-state index is 5.96. The molecule has 1 aliphatic heterocycles. The molecule has 5 heteroatoms. The third-order valence-corrected chi connectivity index (χ3v) is 3.10. The van der Waals surface area contributed by atoms with Gasteiger partial charge >= 0.3 is 0 Å². The number of nitrogen functional groups attached to an aromatic ring is 1. The Morgan fingerprint density at radius 1 is 1.18 bits per heavy atom. The Morgan fingerprint density at radius 3 is 2.53 bits per heavy atom. The molecule has 1 aromatic carbocycles. The fraction of sp³-hybridized carbons (Fsp3) is 0.333. The lowest BCUT2D eigenvalue weighted by molar-refractivity contribution is 0.751. The van der Waals surface area contributed by atoms with Crippen molar-refractivity contribution >= 4 is 22.7 Å². The van der Waals surface area contributed by atoms with Crippen molar-refractivity contribution in [1.82, 2.24) is 9.97 Å². The summed E-state index contributed by atoms with van der Waals surface area (Å²) in [6.07, 6.45) is 0.980. The number of rotatable bonds is 1. The van der Waals surface area contributed by atoms with Crippen LogP contribution in [0.5, 0.6) is 0 Å². The van der Waals surface area contributed by atoms with E-state index in [-0.39, 0.29) is 6.04 Å². The number of aromatic nitrogens is 2. The molecular weight excluding hydrogens is 214 g/mol. The van der Waals surface area contributed by atoms with Gasteiger partial charge in [0.2, 0.25) is 0 Å². The quantitative estimate of drug-likeness (QED) is 0.754. The summed E-state index contributed by atoms with van der Waals surface area (Å²) < 4.78 is 0. The van der Waals surface area contributed by atoms with E-state index in [0.717, 1.165) is 36.4 Å². The van der Waals surface area contributed by atoms with Crippen molar-refractivity contribution in [1.29, 1.82) is 0 Å². The number of fused-ring (bicyclic) bond motifs is 1. The highest BCUT2D eigenvalue weighted by molar-refractivity contribution is 5.79. The standard InChI is InChI=1S/C12H15N5/c13-8-5-6-17(7-8)12-11(14)15-9-3-1-2-4-10(9)16-12/h1-4,8H,5-7,13H2,(H2,14,15)/t8-/m1/s1. The van der Waals surface area contributed by atoms with Crippen LogP contribution in [0.15, 0.2) is 24.3 Å². The summed E-state index contributed by atoms with van der Waals surface area (Å²) in [5, 5.41) is 0. The zero-order valence-corrected chi connectivity index (χ0v) is 9.50. The molecule has 17 heavy (non-hydrogen) atoms. The molecule has 4 N–H and O–H groups in total. The van der Waals surface area contributed by atoms with E-state index in [0.29, 0.717) is 5.82 Å². The van der Waals surface area contributed by atoms with Gasteiger partial charge in [-0.05, 0) is 18.6 Å². The van der Waals surface area contributed by atoms with Crippen LogP contribution in [0.4, 0.5) is 11.6 Å². The molecule has 0 unspecified atom stereocenters. The monoisotopic (exact) mass is 229 g/mol. The third-order valence-electron chi connectivity index (χ3n) is 3.10. The van der Waals surface area contributed by atoms with Crippen LogP contribution >= 0.6 is 0 Å². The molecule has 0 aliphatic carbocycles. The van der Waals surface area contributed by atoms with E-state index in [2.05, 4.69) is 14.9 Å². The Bertz CT molecular complexity index is 554. The fourth-order valence-corrected chi connectivity index (χ4v) is 2.22. The predicted octanol–water partition coefficient (Wildman–Crippen LogP) is 0.749. The number of hydrogen-bond acceptors (Lipinski definition) is 5. The Kier molecular flexibility index (Phi) is 2.33. The zero-order valence-electron chi connectivity index (χ0n) is 9.50. The number of nitrogens with two attached hydrogens (primary N) is 2. The maximum absolute atomic E-state index is 5.96. The van der Waals surface area contributed by atoms with E-state index in [1.54, 1.807) is 0 Å². The van der Waals surface area contributed by atoms with Crippen molar-refractivity contribution in [2.75, 3.05) is 23.7 Å². The molecule has 0 radical (unpaired) electrons. The average Bonchev–Trinajstić information content (AvgIpc) is 2.75. The number of para-hydroxylation sites is 2. The minimum absolute atomic E-state index is 0.211.